The van der Waals surface area contributed by atoms with E-state index in [2.05, 4.69) is 10.1 Å². The topological polar surface area (TPSA) is 105 Å². The Kier molecular flexibility index (Phi) is 10.6. The largest absolute Gasteiger partial charge is 0.465 e. The van der Waals surface area contributed by atoms with Gasteiger partial charge in [0.25, 0.3) is 0 Å². The molecular formula is C22H28Cl2N4O4. The van der Waals surface area contributed by atoms with Gasteiger partial charge in [-0.15, -0.1) is 24.8 Å². The minimum absolute atomic E-state index is 0. The van der Waals surface area contributed by atoms with E-state index in [4.69, 9.17) is 5.73 Å². The molecule has 1 aliphatic rings. The Balaban J connectivity index is 0.00000256. The number of amides is 2. The summed E-state index contributed by atoms with van der Waals surface area (Å²) in [7, 11) is 3.24. The monoisotopic (exact) mass is 482 g/mol. The van der Waals surface area contributed by atoms with Gasteiger partial charge < -0.3 is 20.7 Å². The molecule has 1 aliphatic heterocycles. The number of likely N-dealkylation sites (N-methyl/N-ethyl adjacent to an activating group) is 1. The van der Waals surface area contributed by atoms with Crippen molar-refractivity contribution in [3.8, 4) is 0 Å². The van der Waals surface area contributed by atoms with Gasteiger partial charge in [0, 0.05) is 24.5 Å². The lowest BCUT2D eigenvalue weighted by Gasteiger charge is -2.32. The molecule has 2 aromatic carbocycles. The van der Waals surface area contributed by atoms with Crippen LogP contribution in [-0.2, 0) is 20.7 Å². The number of ether oxygens (including phenoxy) is 1. The van der Waals surface area contributed by atoms with Gasteiger partial charge in [-0.2, -0.15) is 0 Å². The number of nitrogens with two attached hydrogens (primary N) is 1. The van der Waals surface area contributed by atoms with E-state index in [0.29, 0.717) is 30.8 Å². The van der Waals surface area contributed by atoms with Crippen molar-refractivity contribution in [2.24, 2.45) is 5.73 Å². The van der Waals surface area contributed by atoms with Gasteiger partial charge in [-0.05, 0) is 55.4 Å². The SMILES string of the molecule is COC(=O)c1ccc(NC(=O)C(N)Cc2ccc(N3CCN(C)CC3=O)cc2)cc1.Cl.Cl. The third-order valence-electron chi connectivity index (χ3n) is 5.03. The molecule has 3 N–H and O–H groups in total. The van der Waals surface area contributed by atoms with Crippen LogP contribution in [0, 0.1) is 0 Å². The second-order valence-corrected chi connectivity index (χ2v) is 7.32. The zero-order valence-corrected chi connectivity index (χ0v) is 19.6. The molecule has 1 saturated heterocycles. The number of hydrogen-bond acceptors (Lipinski definition) is 6. The van der Waals surface area contributed by atoms with E-state index in [1.165, 1.54) is 7.11 Å². The standard InChI is InChI=1S/C22H26N4O4.2ClH/c1-25-11-12-26(20(27)14-25)18-9-3-15(4-10-18)13-19(23)21(28)24-17-7-5-16(6-8-17)22(29)30-2;;/h3-10,19H,11-14,23H2,1-2H3,(H,24,28);2*1H. The summed E-state index contributed by atoms with van der Waals surface area (Å²) in [6, 6.07) is 13.2. The quantitative estimate of drug-likeness (QED) is 0.610. The number of methoxy groups -OCH3 is 1. The molecule has 0 spiro atoms. The number of nitrogens with one attached hydrogen (secondary N) is 1. The summed E-state index contributed by atoms with van der Waals surface area (Å²) in [5, 5.41) is 2.75. The molecule has 1 unspecified atom stereocenters. The third kappa shape index (κ3) is 6.93. The van der Waals surface area contributed by atoms with Gasteiger partial charge in [-0.3, -0.25) is 14.5 Å². The van der Waals surface area contributed by atoms with Crippen molar-refractivity contribution in [3.05, 3.63) is 59.7 Å². The molecule has 1 fully saturated rings. The van der Waals surface area contributed by atoms with Crippen LogP contribution < -0.4 is 16.0 Å². The van der Waals surface area contributed by atoms with Gasteiger partial charge in [0.15, 0.2) is 0 Å². The number of anilines is 2. The molecule has 8 nitrogen and oxygen atoms in total. The Morgan fingerprint density at radius 3 is 2.25 bits per heavy atom. The maximum atomic E-state index is 12.4. The molecule has 1 atom stereocenters. The van der Waals surface area contributed by atoms with E-state index in [-0.39, 0.29) is 36.6 Å². The van der Waals surface area contributed by atoms with Gasteiger partial charge in [0.05, 0.1) is 25.3 Å². The molecule has 0 radical (unpaired) electrons. The second kappa shape index (κ2) is 12.4. The summed E-state index contributed by atoms with van der Waals surface area (Å²) in [4.78, 5) is 39.8. The lowest BCUT2D eigenvalue weighted by molar-refractivity contribution is -0.121. The number of hydrogen-bond donors (Lipinski definition) is 2. The van der Waals surface area contributed by atoms with E-state index in [1.807, 2.05) is 36.2 Å². The highest BCUT2D eigenvalue weighted by atomic mass is 35.5. The molecule has 0 aliphatic carbocycles. The fraction of sp³-hybridized carbons (Fsp3) is 0.318. The molecular weight excluding hydrogens is 455 g/mol. The van der Waals surface area contributed by atoms with Gasteiger partial charge in [-0.25, -0.2) is 4.79 Å². The van der Waals surface area contributed by atoms with E-state index in [1.54, 1.807) is 29.2 Å². The number of rotatable bonds is 6. The normalized spacial score (nSPS) is 14.6. The molecule has 0 saturated carbocycles. The molecule has 174 valence electrons. The number of carbonyl (C=O) groups is 3. The number of carbonyl (C=O) groups excluding carboxylic acids is 3. The first kappa shape index (κ1) is 27.4. The molecule has 10 heteroatoms. The number of benzene rings is 2. The van der Waals surface area contributed by atoms with Crippen molar-refractivity contribution >= 4 is 54.0 Å². The van der Waals surface area contributed by atoms with Gasteiger partial charge in [0.1, 0.15) is 0 Å². The number of piperazine rings is 1. The minimum atomic E-state index is -0.735. The third-order valence-corrected chi connectivity index (χ3v) is 5.03. The molecule has 0 bridgehead atoms. The van der Waals surface area contributed by atoms with Crippen LogP contribution in [0.5, 0.6) is 0 Å². The molecule has 0 aromatic heterocycles. The van der Waals surface area contributed by atoms with Crippen molar-refractivity contribution in [1.29, 1.82) is 0 Å². The van der Waals surface area contributed by atoms with Gasteiger partial charge >= 0.3 is 5.97 Å². The lowest BCUT2D eigenvalue weighted by Crippen LogP contribution is -2.48. The first-order valence-electron chi connectivity index (χ1n) is 9.70. The van der Waals surface area contributed by atoms with Crippen molar-refractivity contribution in [1.82, 2.24) is 4.90 Å². The average Bonchev–Trinajstić information content (AvgIpc) is 2.74. The van der Waals surface area contributed by atoms with Crippen LogP contribution in [0.1, 0.15) is 15.9 Å². The van der Waals surface area contributed by atoms with E-state index >= 15 is 0 Å². The van der Waals surface area contributed by atoms with Crippen LogP contribution >= 0.6 is 24.8 Å². The minimum Gasteiger partial charge on any atom is -0.465 e. The summed E-state index contributed by atoms with van der Waals surface area (Å²) in [5.74, 6) is -0.684. The van der Waals surface area contributed by atoms with E-state index in [0.717, 1.165) is 17.8 Å². The van der Waals surface area contributed by atoms with Crippen molar-refractivity contribution in [2.45, 2.75) is 12.5 Å². The molecule has 2 aromatic rings. The molecule has 3 rings (SSSR count). The maximum absolute atomic E-state index is 12.4. The first-order chi connectivity index (χ1) is 14.4. The number of esters is 1. The van der Waals surface area contributed by atoms with Crippen LogP contribution in [0.2, 0.25) is 0 Å². The first-order valence-corrected chi connectivity index (χ1v) is 9.70. The lowest BCUT2D eigenvalue weighted by atomic mass is 10.0. The Hall–Kier alpha value is -2.65. The number of nitrogens with zero attached hydrogens (tertiary/aromatic N) is 2. The highest BCUT2D eigenvalue weighted by Gasteiger charge is 2.23. The zero-order chi connectivity index (χ0) is 21.7. The van der Waals surface area contributed by atoms with E-state index < -0.39 is 12.0 Å². The smallest absolute Gasteiger partial charge is 0.337 e. The van der Waals surface area contributed by atoms with Crippen molar-refractivity contribution in [3.63, 3.8) is 0 Å². The Morgan fingerprint density at radius 1 is 1.06 bits per heavy atom. The van der Waals surface area contributed by atoms with Crippen LogP contribution in [0.25, 0.3) is 0 Å². The Morgan fingerprint density at radius 2 is 1.69 bits per heavy atom. The van der Waals surface area contributed by atoms with Crippen molar-refractivity contribution in [2.75, 3.05) is 44.0 Å². The maximum Gasteiger partial charge on any atom is 0.337 e. The van der Waals surface area contributed by atoms with Gasteiger partial charge in [-0.1, -0.05) is 12.1 Å². The van der Waals surface area contributed by atoms with Crippen LogP contribution in [-0.4, -0.2) is 62.5 Å². The fourth-order valence-corrected chi connectivity index (χ4v) is 3.26. The second-order valence-electron chi connectivity index (χ2n) is 7.32. The summed E-state index contributed by atoms with van der Waals surface area (Å²) in [6.07, 6.45) is 0.364. The van der Waals surface area contributed by atoms with Crippen LogP contribution in [0.4, 0.5) is 11.4 Å². The van der Waals surface area contributed by atoms with Crippen molar-refractivity contribution < 1.29 is 19.1 Å². The Bertz CT molecular complexity index is 923. The number of halogens is 2. The molecule has 32 heavy (non-hydrogen) atoms. The summed E-state index contributed by atoms with van der Waals surface area (Å²) < 4.78 is 4.65. The highest BCUT2D eigenvalue weighted by Crippen LogP contribution is 2.19. The van der Waals surface area contributed by atoms with Crippen LogP contribution in [0.15, 0.2) is 48.5 Å². The predicted octanol–water partition coefficient (Wildman–Crippen LogP) is 2.10. The summed E-state index contributed by atoms with van der Waals surface area (Å²) >= 11 is 0. The fourth-order valence-electron chi connectivity index (χ4n) is 3.26. The zero-order valence-electron chi connectivity index (χ0n) is 17.9. The molecule has 2 amide bonds. The summed E-state index contributed by atoms with van der Waals surface area (Å²) in [5.41, 5.74) is 8.76. The van der Waals surface area contributed by atoms with Crippen LogP contribution in [0.3, 0.4) is 0 Å². The highest BCUT2D eigenvalue weighted by molar-refractivity contribution is 5.96. The average molecular weight is 483 g/mol. The Labute approximate surface area is 199 Å². The van der Waals surface area contributed by atoms with E-state index in [9.17, 15) is 14.4 Å². The molecule has 1 heterocycles. The van der Waals surface area contributed by atoms with Gasteiger partial charge in [0.2, 0.25) is 11.8 Å². The summed E-state index contributed by atoms with van der Waals surface area (Å²) in [6.45, 7) is 1.90. The predicted molar refractivity (Wildman–Crippen MR) is 129 cm³/mol.